The number of piperidine rings is 1. The van der Waals surface area contributed by atoms with Crippen LogP contribution in [0.15, 0.2) is 0 Å². The smallest absolute Gasteiger partial charge is 0.225 e. The number of rotatable bonds is 3. The first-order valence-corrected chi connectivity index (χ1v) is 6.51. The summed E-state index contributed by atoms with van der Waals surface area (Å²) in [7, 11) is 0. The van der Waals surface area contributed by atoms with Crippen molar-refractivity contribution in [3.8, 4) is 0 Å². The van der Waals surface area contributed by atoms with Crippen molar-refractivity contribution in [2.75, 3.05) is 32.8 Å². The number of hydrogen-bond acceptors (Lipinski definition) is 4. The van der Waals surface area contributed by atoms with E-state index in [4.69, 9.17) is 4.74 Å². The molecular weight excluding hydrogens is 220 g/mol. The Morgan fingerprint density at radius 2 is 2.12 bits per heavy atom. The Morgan fingerprint density at radius 3 is 2.76 bits per heavy atom. The molecule has 2 aliphatic rings. The number of hydrogen-bond donors (Lipinski definition) is 2. The molecule has 98 valence electrons. The summed E-state index contributed by atoms with van der Waals surface area (Å²) < 4.78 is 5.43. The predicted molar refractivity (Wildman–Crippen MR) is 63.6 cm³/mol. The third-order valence-corrected chi connectivity index (χ3v) is 3.62. The number of ether oxygens (including phenoxy) is 1. The van der Waals surface area contributed by atoms with Crippen LogP contribution in [0.1, 0.15) is 19.8 Å². The average Bonchev–Trinajstić information content (AvgIpc) is 2.72. The second kappa shape index (κ2) is 5.80. The maximum atomic E-state index is 12.2. The van der Waals surface area contributed by atoms with Crippen molar-refractivity contribution in [3.63, 3.8) is 0 Å². The molecule has 0 aliphatic carbocycles. The van der Waals surface area contributed by atoms with Crippen molar-refractivity contribution >= 4 is 5.91 Å². The Balaban J connectivity index is 1.88. The van der Waals surface area contributed by atoms with E-state index in [1.54, 1.807) is 4.90 Å². The molecule has 0 radical (unpaired) electrons. The van der Waals surface area contributed by atoms with Crippen LogP contribution in [0, 0.1) is 5.92 Å². The average molecular weight is 242 g/mol. The number of carbonyl (C=O) groups excluding carboxylic acids is 1. The Hall–Kier alpha value is -0.650. The molecule has 0 aromatic heterocycles. The Bertz CT molecular complexity index is 266. The van der Waals surface area contributed by atoms with E-state index in [0.29, 0.717) is 19.7 Å². The lowest BCUT2D eigenvalue weighted by Crippen LogP contribution is -2.40. The third-order valence-electron chi connectivity index (χ3n) is 3.62. The van der Waals surface area contributed by atoms with Crippen LogP contribution in [-0.4, -0.2) is 60.9 Å². The summed E-state index contributed by atoms with van der Waals surface area (Å²) in [6, 6.07) is 0. The Kier molecular flexibility index (Phi) is 4.36. The summed E-state index contributed by atoms with van der Waals surface area (Å²) in [5, 5.41) is 13.1. The minimum absolute atomic E-state index is 0.129. The molecule has 0 spiro atoms. The molecule has 0 aromatic carbocycles. The van der Waals surface area contributed by atoms with Gasteiger partial charge in [-0.25, -0.2) is 0 Å². The maximum Gasteiger partial charge on any atom is 0.225 e. The molecule has 5 heteroatoms. The first kappa shape index (κ1) is 12.8. The number of nitrogens with one attached hydrogen (secondary N) is 1. The molecule has 2 saturated heterocycles. The highest BCUT2D eigenvalue weighted by Gasteiger charge is 2.37. The van der Waals surface area contributed by atoms with Gasteiger partial charge in [0.2, 0.25) is 5.91 Å². The van der Waals surface area contributed by atoms with Gasteiger partial charge < -0.3 is 20.1 Å². The second-order valence-electron chi connectivity index (χ2n) is 4.83. The highest BCUT2D eigenvalue weighted by atomic mass is 16.5. The summed E-state index contributed by atoms with van der Waals surface area (Å²) >= 11 is 0. The second-order valence-corrected chi connectivity index (χ2v) is 4.83. The van der Waals surface area contributed by atoms with Crippen molar-refractivity contribution < 1.29 is 14.6 Å². The standard InChI is InChI=1S/C12H22N2O3/c1-2-17-11-8-14(7-10(11)15)12(16)9-3-5-13-6-4-9/h9-11,13,15H,2-8H2,1H3/t10-,11+/m0/s1. The van der Waals surface area contributed by atoms with Crippen LogP contribution < -0.4 is 5.32 Å². The Morgan fingerprint density at radius 1 is 1.41 bits per heavy atom. The van der Waals surface area contributed by atoms with E-state index >= 15 is 0 Å². The largest absolute Gasteiger partial charge is 0.388 e. The zero-order valence-electron chi connectivity index (χ0n) is 10.4. The molecule has 1 amide bonds. The highest BCUT2D eigenvalue weighted by Crippen LogP contribution is 2.20. The van der Waals surface area contributed by atoms with Crippen molar-refractivity contribution in [1.29, 1.82) is 0 Å². The molecule has 2 heterocycles. The van der Waals surface area contributed by atoms with Gasteiger partial charge in [0.15, 0.2) is 0 Å². The fourth-order valence-electron chi connectivity index (χ4n) is 2.64. The van der Waals surface area contributed by atoms with Gasteiger partial charge in [0.25, 0.3) is 0 Å². The predicted octanol–water partition coefficient (Wildman–Crippen LogP) is -0.406. The van der Waals surface area contributed by atoms with Gasteiger partial charge in [-0.1, -0.05) is 0 Å². The number of amides is 1. The van der Waals surface area contributed by atoms with E-state index in [-0.39, 0.29) is 17.9 Å². The van der Waals surface area contributed by atoms with Gasteiger partial charge in [-0.2, -0.15) is 0 Å². The van der Waals surface area contributed by atoms with E-state index in [0.717, 1.165) is 25.9 Å². The zero-order chi connectivity index (χ0) is 12.3. The molecule has 2 N–H and O–H groups in total. The van der Waals surface area contributed by atoms with Crippen LogP contribution in [0.25, 0.3) is 0 Å². The summed E-state index contributed by atoms with van der Waals surface area (Å²) in [4.78, 5) is 14.0. The molecule has 2 atom stereocenters. The van der Waals surface area contributed by atoms with E-state index in [2.05, 4.69) is 5.32 Å². The minimum atomic E-state index is -0.527. The number of β-amino-alcohol motifs (C(OH)–C–C–N with tert-alkyl or cyclic N) is 1. The normalized spacial score (nSPS) is 30.8. The number of nitrogens with zero attached hydrogens (tertiary/aromatic N) is 1. The molecular formula is C12H22N2O3. The SMILES string of the molecule is CCO[C@@H]1CN(C(=O)C2CCNCC2)C[C@@H]1O. The molecule has 5 nitrogen and oxygen atoms in total. The lowest BCUT2D eigenvalue weighted by atomic mass is 9.97. The van der Waals surface area contributed by atoms with Crippen molar-refractivity contribution in [2.45, 2.75) is 32.0 Å². The highest BCUT2D eigenvalue weighted by molar-refractivity contribution is 5.79. The lowest BCUT2D eigenvalue weighted by Gasteiger charge is -2.26. The fraction of sp³-hybridized carbons (Fsp3) is 0.917. The van der Waals surface area contributed by atoms with Crippen molar-refractivity contribution in [3.05, 3.63) is 0 Å². The van der Waals surface area contributed by atoms with E-state index < -0.39 is 6.10 Å². The molecule has 0 unspecified atom stereocenters. The van der Waals surface area contributed by atoms with Crippen LogP contribution in [0.3, 0.4) is 0 Å². The topological polar surface area (TPSA) is 61.8 Å². The summed E-state index contributed by atoms with van der Waals surface area (Å²) in [5.74, 6) is 0.316. The van der Waals surface area contributed by atoms with E-state index in [9.17, 15) is 9.90 Å². The monoisotopic (exact) mass is 242 g/mol. The lowest BCUT2D eigenvalue weighted by molar-refractivity contribution is -0.135. The number of aliphatic hydroxyl groups excluding tert-OH is 1. The molecule has 0 aromatic rings. The number of aliphatic hydroxyl groups is 1. The molecule has 0 saturated carbocycles. The molecule has 0 bridgehead atoms. The first-order chi connectivity index (χ1) is 8.22. The van der Waals surface area contributed by atoms with Crippen molar-refractivity contribution in [1.82, 2.24) is 10.2 Å². The summed E-state index contributed by atoms with van der Waals surface area (Å²) in [6.07, 6.45) is 1.08. The number of carbonyl (C=O) groups is 1. The van der Waals surface area contributed by atoms with Crippen LogP contribution in [-0.2, 0) is 9.53 Å². The van der Waals surface area contributed by atoms with Gasteiger partial charge in [-0.05, 0) is 32.9 Å². The maximum absolute atomic E-state index is 12.2. The molecule has 2 aliphatic heterocycles. The molecule has 2 rings (SSSR count). The quantitative estimate of drug-likeness (QED) is 0.706. The zero-order valence-corrected chi connectivity index (χ0v) is 10.4. The summed E-state index contributed by atoms with van der Waals surface area (Å²) in [6.45, 7) is 5.29. The van der Waals surface area contributed by atoms with E-state index in [1.807, 2.05) is 6.92 Å². The van der Waals surface area contributed by atoms with Gasteiger partial charge in [0.1, 0.15) is 6.10 Å². The fourth-order valence-corrected chi connectivity index (χ4v) is 2.64. The minimum Gasteiger partial charge on any atom is -0.388 e. The van der Waals surface area contributed by atoms with Gasteiger partial charge in [-0.15, -0.1) is 0 Å². The van der Waals surface area contributed by atoms with Crippen molar-refractivity contribution in [2.24, 2.45) is 5.92 Å². The molecule has 17 heavy (non-hydrogen) atoms. The van der Waals surface area contributed by atoms with Gasteiger partial charge in [-0.3, -0.25) is 4.79 Å². The van der Waals surface area contributed by atoms with Gasteiger partial charge >= 0.3 is 0 Å². The molecule has 2 fully saturated rings. The summed E-state index contributed by atoms with van der Waals surface area (Å²) in [5.41, 5.74) is 0. The van der Waals surface area contributed by atoms with E-state index in [1.165, 1.54) is 0 Å². The Labute approximate surface area is 102 Å². The number of likely N-dealkylation sites (tertiary alicyclic amines) is 1. The third kappa shape index (κ3) is 2.97. The van der Waals surface area contributed by atoms with Crippen LogP contribution in [0.5, 0.6) is 0 Å². The van der Waals surface area contributed by atoms with Gasteiger partial charge in [0, 0.05) is 25.6 Å². The first-order valence-electron chi connectivity index (χ1n) is 6.51. The van der Waals surface area contributed by atoms with Crippen LogP contribution in [0.2, 0.25) is 0 Å². The van der Waals surface area contributed by atoms with Crippen LogP contribution >= 0.6 is 0 Å². The van der Waals surface area contributed by atoms with Crippen LogP contribution in [0.4, 0.5) is 0 Å². The van der Waals surface area contributed by atoms with Gasteiger partial charge in [0.05, 0.1) is 6.10 Å².